The SMILES string of the molecule is Cc1nn(C)c(Cl)c1[C@@H]1CCCN1[C@@H](C)C(=O)NC1CCCC1. The molecule has 1 aromatic heterocycles. The normalized spacial score (nSPS) is 24.3. The summed E-state index contributed by atoms with van der Waals surface area (Å²) < 4.78 is 1.73. The third-order valence-corrected chi connectivity index (χ3v) is 5.85. The molecule has 23 heavy (non-hydrogen) atoms. The first-order valence-corrected chi connectivity index (χ1v) is 9.12. The lowest BCUT2D eigenvalue weighted by Crippen LogP contribution is -2.47. The molecule has 1 aromatic rings. The van der Waals surface area contributed by atoms with E-state index in [-0.39, 0.29) is 18.0 Å². The van der Waals surface area contributed by atoms with Crippen molar-refractivity contribution in [3.05, 3.63) is 16.4 Å². The Hall–Kier alpha value is -1.07. The zero-order chi connectivity index (χ0) is 16.6. The van der Waals surface area contributed by atoms with Gasteiger partial charge in [-0.25, -0.2) is 0 Å². The van der Waals surface area contributed by atoms with Gasteiger partial charge in [-0.2, -0.15) is 5.10 Å². The minimum absolute atomic E-state index is 0.126. The van der Waals surface area contributed by atoms with Crippen LogP contribution in [-0.4, -0.2) is 39.2 Å². The van der Waals surface area contributed by atoms with E-state index >= 15 is 0 Å². The van der Waals surface area contributed by atoms with Crippen LogP contribution in [0.1, 0.15) is 62.7 Å². The number of likely N-dealkylation sites (tertiary alicyclic amines) is 1. The smallest absolute Gasteiger partial charge is 0.237 e. The fraction of sp³-hybridized carbons (Fsp3) is 0.765. The second-order valence-corrected chi connectivity index (χ2v) is 7.33. The molecule has 128 valence electrons. The molecular weight excluding hydrogens is 312 g/mol. The van der Waals surface area contributed by atoms with Gasteiger partial charge < -0.3 is 5.32 Å². The molecule has 2 heterocycles. The quantitative estimate of drug-likeness (QED) is 0.918. The number of amides is 1. The summed E-state index contributed by atoms with van der Waals surface area (Å²) in [7, 11) is 1.87. The maximum Gasteiger partial charge on any atom is 0.237 e. The Morgan fingerprint density at radius 3 is 2.61 bits per heavy atom. The number of hydrogen-bond donors (Lipinski definition) is 1. The summed E-state index contributed by atoms with van der Waals surface area (Å²) in [5.74, 6) is 0.154. The average molecular weight is 339 g/mol. The molecule has 2 aliphatic rings. The molecule has 6 heteroatoms. The second-order valence-electron chi connectivity index (χ2n) is 6.98. The van der Waals surface area contributed by atoms with E-state index in [1.165, 1.54) is 12.8 Å². The molecule has 1 N–H and O–H groups in total. The maximum absolute atomic E-state index is 12.6. The summed E-state index contributed by atoms with van der Waals surface area (Å²) in [5, 5.41) is 8.36. The van der Waals surface area contributed by atoms with Crippen LogP contribution >= 0.6 is 11.6 Å². The number of nitrogens with one attached hydrogen (secondary N) is 1. The predicted molar refractivity (Wildman–Crippen MR) is 91.5 cm³/mol. The first-order valence-electron chi connectivity index (χ1n) is 8.74. The van der Waals surface area contributed by atoms with Gasteiger partial charge >= 0.3 is 0 Å². The van der Waals surface area contributed by atoms with Crippen LogP contribution in [0.3, 0.4) is 0 Å². The largest absolute Gasteiger partial charge is 0.352 e. The van der Waals surface area contributed by atoms with Gasteiger partial charge in [0, 0.05) is 24.7 Å². The van der Waals surface area contributed by atoms with E-state index < -0.39 is 0 Å². The fourth-order valence-corrected chi connectivity index (χ4v) is 4.43. The van der Waals surface area contributed by atoms with Gasteiger partial charge in [0.05, 0.1) is 11.7 Å². The highest BCUT2D eigenvalue weighted by Crippen LogP contribution is 2.38. The van der Waals surface area contributed by atoms with Crippen molar-refractivity contribution in [3.63, 3.8) is 0 Å². The van der Waals surface area contributed by atoms with Gasteiger partial charge in [0.1, 0.15) is 5.15 Å². The summed E-state index contributed by atoms with van der Waals surface area (Å²) >= 11 is 6.45. The molecule has 0 radical (unpaired) electrons. The van der Waals surface area contributed by atoms with E-state index in [9.17, 15) is 4.79 Å². The summed E-state index contributed by atoms with van der Waals surface area (Å²) in [6.07, 6.45) is 6.83. The monoisotopic (exact) mass is 338 g/mol. The predicted octanol–water partition coefficient (Wildman–Crippen LogP) is 2.97. The lowest BCUT2D eigenvalue weighted by Gasteiger charge is -2.30. The number of hydrogen-bond acceptors (Lipinski definition) is 3. The number of halogens is 1. The number of carbonyl (C=O) groups is 1. The molecular formula is C17H27ClN4O. The summed E-state index contributed by atoms with van der Waals surface area (Å²) in [6.45, 7) is 4.96. The van der Waals surface area contributed by atoms with E-state index in [0.717, 1.165) is 43.5 Å². The Kier molecular flexibility index (Phi) is 4.97. The Bertz CT molecular complexity index is 579. The molecule has 0 spiro atoms. The van der Waals surface area contributed by atoms with Crippen LogP contribution < -0.4 is 5.32 Å². The van der Waals surface area contributed by atoms with Crippen molar-refractivity contribution < 1.29 is 4.79 Å². The minimum atomic E-state index is -0.126. The van der Waals surface area contributed by atoms with Gasteiger partial charge in [0.25, 0.3) is 0 Å². The summed E-state index contributed by atoms with van der Waals surface area (Å²) in [5.41, 5.74) is 2.06. The molecule has 0 aromatic carbocycles. The molecule has 2 atom stereocenters. The highest BCUT2D eigenvalue weighted by atomic mass is 35.5. The van der Waals surface area contributed by atoms with E-state index in [4.69, 9.17) is 11.6 Å². The third-order valence-electron chi connectivity index (χ3n) is 5.40. The van der Waals surface area contributed by atoms with E-state index in [1.54, 1.807) is 4.68 Å². The van der Waals surface area contributed by atoms with Crippen LogP contribution in [0.4, 0.5) is 0 Å². The molecule has 5 nitrogen and oxygen atoms in total. The number of rotatable bonds is 4. The van der Waals surface area contributed by atoms with Crippen molar-refractivity contribution in [2.75, 3.05) is 6.54 Å². The third kappa shape index (κ3) is 3.26. The molecule has 1 saturated heterocycles. The minimum Gasteiger partial charge on any atom is -0.352 e. The van der Waals surface area contributed by atoms with Crippen molar-refractivity contribution in [2.45, 2.75) is 70.5 Å². The highest BCUT2D eigenvalue weighted by Gasteiger charge is 2.36. The standard InChI is InChI=1S/C17H27ClN4O/c1-11-15(16(18)21(3)20-11)14-9-6-10-22(14)12(2)17(23)19-13-7-4-5-8-13/h12-14H,4-10H2,1-3H3,(H,19,23)/t12-,14-/m0/s1. The first-order chi connectivity index (χ1) is 11.0. The van der Waals surface area contributed by atoms with Gasteiger partial charge in [-0.3, -0.25) is 14.4 Å². The Balaban J connectivity index is 1.74. The maximum atomic E-state index is 12.6. The van der Waals surface area contributed by atoms with Crippen LogP contribution in [0.2, 0.25) is 5.15 Å². The molecule has 0 unspecified atom stereocenters. The van der Waals surface area contributed by atoms with E-state index in [2.05, 4.69) is 15.3 Å². The Morgan fingerprint density at radius 1 is 1.30 bits per heavy atom. The van der Waals surface area contributed by atoms with Crippen molar-refractivity contribution in [1.29, 1.82) is 0 Å². The second kappa shape index (κ2) is 6.81. The van der Waals surface area contributed by atoms with Crippen molar-refractivity contribution in [1.82, 2.24) is 20.0 Å². The number of aromatic nitrogens is 2. The van der Waals surface area contributed by atoms with Crippen LogP contribution in [0.25, 0.3) is 0 Å². The lowest BCUT2D eigenvalue weighted by atomic mass is 10.0. The van der Waals surface area contributed by atoms with Crippen LogP contribution in [-0.2, 0) is 11.8 Å². The van der Waals surface area contributed by atoms with Crippen LogP contribution in [0.15, 0.2) is 0 Å². The van der Waals surface area contributed by atoms with Crippen LogP contribution in [0.5, 0.6) is 0 Å². The Morgan fingerprint density at radius 2 is 2.00 bits per heavy atom. The summed E-state index contributed by atoms with van der Waals surface area (Å²) in [6, 6.07) is 0.439. The van der Waals surface area contributed by atoms with Gasteiger partial charge in [-0.1, -0.05) is 24.4 Å². The van der Waals surface area contributed by atoms with Gasteiger partial charge in [0.2, 0.25) is 5.91 Å². The first kappa shape index (κ1) is 16.8. The molecule has 1 aliphatic carbocycles. The van der Waals surface area contributed by atoms with Crippen molar-refractivity contribution >= 4 is 17.5 Å². The zero-order valence-electron chi connectivity index (χ0n) is 14.3. The van der Waals surface area contributed by atoms with Gasteiger partial charge in [-0.05, 0) is 46.1 Å². The van der Waals surface area contributed by atoms with E-state index in [1.807, 2.05) is 20.9 Å². The van der Waals surface area contributed by atoms with Crippen molar-refractivity contribution in [3.8, 4) is 0 Å². The van der Waals surface area contributed by atoms with Gasteiger partial charge in [-0.15, -0.1) is 0 Å². The number of aryl methyl sites for hydroxylation is 2. The molecule has 1 saturated carbocycles. The molecule has 2 fully saturated rings. The van der Waals surface area contributed by atoms with Crippen LogP contribution in [0, 0.1) is 6.92 Å². The Labute approximate surface area is 143 Å². The average Bonchev–Trinajstić information content (AvgIpc) is 3.21. The molecule has 3 rings (SSSR count). The van der Waals surface area contributed by atoms with Gasteiger partial charge in [0.15, 0.2) is 0 Å². The molecule has 0 bridgehead atoms. The number of nitrogens with zero attached hydrogens (tertiary/aromatic N) is 3. The summed E-state index contributed by atoms with van der Waals surface area (Å²) in [4.78, 5) is 14.9. The zero-order valence-corrected chi connectivity index (χ0v) is 15.1. The van der Waals surface area contributed by atoms with E-state index in [0.29, 0.717) is 11.2 Å². The molecule has 1 amide bonds. The molecule has 1 aliphatic heterocycles. The number of carbonyl (C=O) groups excluding carboxylic acids is 1. The van der Waals surface area contributed by atoms with Crippen molar-refractivity contribution in [2.24, 2.45) is 7.05 Å². The topological polar surface area (TPSA) is 50.2 Å². The highest BCUT2D eigenvalue weighted by molar-refractivity contribution is 6.30. The lowest BCUT2D eigenvalue weighted by molar-refractivity contribution is -0.127. The fourth-order valence-electron chi connectivity index (χ4n) is 4.13.